The maximum atomic E-state index is 12.7. The Hall–Kier alpha value is -2.46. The Morgan fingerprint density at radius 2 is 1.82 bits per heavy atom. The number of ether oxygens (including phenoxy) is 1. The third kappa shape index (κ3) is 4.87. The van der Waals surface area contributed by atoms with Crippen LogP contribution >= 0.6 is 19.8 Å². The normalized spacial score (nSPS) is 12.6. The van der Waals surface area contributed by atoms with Gasteiger partial charge in [0, 0.05) is 5.39 Å². The van der Waals surface area contributed by atoms with E-state index >= 15 is 0 Å². The van der Waals surface area contributed by atoms with Crippen LogP contribution in [0.1, 0.15) is 24.9 Å². The Morgan fingerprint density at radius 1 is 1.11 bits per heavy atom. The molecule has 0 aliphatic rings. The van der Waals surface area contributed by atoms with E-state index < -0.39 is 20.2 Å². The molecule has 0 N–H and O–H groups in total. The van der Waals surface area contributed by atoms with Crippen LogP contribution in [0.5, 0.6) is 5.75 Å². The van der Waals surface area contributed by atoms with Crippen molar-refractivity contribution < 1.29 is 18.9 Å². The molecule has 0 bridgehead atoms. The zero-order chi connectivity index (χ0) is 19.9. The predicted octanol–water partition coefficient (Wildman–Crippen LogP) is 5.42. The topological polar surface area (TPSA) is 71.0 Å². The Morgan fingerprint density at radius 3 is 2.57 bits per heavy atom. The van der Waals surface area contributed by atoms with Gasteiger partial charge < -0.3 is 9.63 Å². The molecule has 3 aromatic rings. The number of hydrogen-bond acceptors (Lipinski definition) is 5. The van der Waals surface area contributed by atoms with Crippen LogP contribution in [0.4, 0.5) is 0 Å². The van der Waals surface area contributed by atoms with Crippen LogP contribution in [0.25, 0.3) is 10.8 Å². The lowest BCUT2D eigenvalue weighted by Gasteiger charge is -2.11. The average molecular weight is 416 g/mol. The lowest BCUT2D eigenvalue weighted by Crippen LogP contribution is -2.15. The van der Waals surface area contributed by atoms with Crippen LogP contribution in [0.3, 0.4) is 0 Å². The molecule has 3 aromatic carbocycles. The van der Waals surface area contributed by atoms with Crippen LogP contribution in [0.15, 0.2) is 71.5 Å². The lowest BCUT2D eigenvalue weighted by atomic mass is 10.1. The van der Waals surface area contributed by atoms with Crippen LogP contribution in [0, 0.1) is 0 Å². The van der Waals surface area contributed by atoms with Gasteiger partial charge >= 0.3 is 14.1 Å². The van der Waals surface area contributed by atoms with Crippen molar-refractivity contribution in [3.8, 4) is 5.75 Å². The van der Waals surface area contributed by atoms with E-state index in [4.69, 9.17) is 20.9 Å². The summed E-state index contributed by atoms with van der Waals surface area (Å²) in [6.45, 7) is 2.17. The van der Waals surface area contributed by atoms with Crippen LogP contribution in [0.2, 0.25) is 5.02 Å². The van der Waals surface area contributed by atoms with E-state index in [0.717, 1.165) is 10.8 Å². The fourth-order valence-corrected chi connectivity index (χ4v) is 3.75. The number of hydrogen-bond donors (Lipinski definition) is 0. The fraction of sp³-hybridized carbons (Fsp3) is 0.190. The standard InChI is InChI=1S/C21H19ClNO4P/c1-2-14-26-21(24)19(16-9-4-3-5-10-16)23-28(25)27-20-17-11-7-6-8-15(17)12-13-18(20)22/h3-13,19H,2,14H2,1H3/t19-/m1/s1. The van der Waals surface area contributed by atoms with E-state index in [2.05, 4.69) is 4.74 Å². The largest absolute Gasteiger partial charge is 0.575 e. The molecule has 2 atom stereocenters. The van der Waals surface area contributed by atoms with Gasteiger partial charge in [-0.05, 0) is 23.4 Å². The van der Waals surface area contributed by atoms with Gasteiger partial charge in [-0.1, -0.05) is 83.9 Å². The maximum Gasteiger partial charge on any atom is 0.395 e. The molecular formula is C21H19ClNO4P. The molecule has 28 heavy (non-hydrogen) atoms. The minimum Gasteiger partial charge on any atom is -0.575 e. The van der Waals surface area contributed by atoms with Gasteiger partial charge in [0.25, 0.3) is 0 Å². The SMILES string of the molecule is CCCOC(=O)[C@H](N=[P+]([O-])Oc1c(Cl)ccc2ccccc12)c1ccccc1. The molecule has 3 rings (SSSR count). The number of halogens is 1. The van der Waals surface area contributed by atoms with Crippen molar-refractivity contribution in [2.75, 3.05) is 6.61 Å². The number of esters is 1. The third-order valence-electron chi connectivity index (χ3n) is 4.00. The van der Waals surface area contributed by atoms with Gasteiger partial charge in [-0.3, -0.25) is 4.52 Å². The number of fused-ring (bicyclic) bond motifs is 1. The van der Waals surface area contributed by atoms with E-state index in [1.54, 1.807) is 30.3 Å². The van der Waals surface area contributed by atoms with Gasteiger partial charge in [0.1, 0.15) is 0 Å². The van der Waals surface area contributed by atoms with Crippen molar-refractivity contribution in [1.82, 2.24) is 0 Å². The zero-order valence-electron chi connectivity index (χ0n) is 15.2. The van der Waals surface area contributed by atoms with Crippen molar-refractivity contribution in [1.29, 1.82) is 0 Å². The molecule has 144 valence electrons. The van der Waals surface area contributed by atoms with E-state index in [1.807, 2.05) is 43.3 Å². The van der Waals surface area contributed by atoms with Crippen LogP contribution in [-0.4, -0.2) is 12.6 Å². The van der Waals surface area contributed by atoms with Crippen molar-refractivity contribution in [3.05, 3.63) is 77.3 Å². The van der Waals surface area contributed by atoms with Gasteiger partial charge in [0.05, 0.1) is 11.6 Å². The number of nitrogens with zero attached hydrogens (tertiary/aromatic N) is 1. The highest BCUT2D eigenvalue weighted by Gasteiger charge is 2.26. The number of carbonyl (C=O) groups excluding carboxylic acids is 1. The van der Waals surface area contributed by atoms with Crippen molar-refractivity contribution in [2.24, 2.45) is 4.74 Å². The molecule has 0 spiro atoms. The van der Waals surface area contributed by atoms with Gasteiger partial charge in [-0.2, -0.15) is 0 Å². The summed E-state index contributed by atoms with van der Waals surface area (Å²) in [5.41, 5.74) is 0.583. The third-order valence-corrected chi connectivity index (χ3v) is 5.05. The molecule has 7 heteroatoms. The summed E-state index contributed by atoms with van der Waals surface area (Å²) < 4.78 is 14.9. The van der Waals surface area contributed by atoms with Crippen molar-refractivity contribution >= 4 is 36.5 Å². The first kappa shape index (κ1) is 20.3. The van der Waals surface area contributed by atoms with E-state index in [1.165, 1.54) is 0 Å². The summed E-state index contributed by atoms with van der Waals surface area (Å²) in [5, 5.41) is 1.94. The molecule has 0 aliphatic heterocycles. The summed E-state index contributed by atoms with van der Waals surface area (Å²) in [6, 6.07) is 18.8. The number of rotatable bonds is 7. The van der Waals surface area contributed by atoms with Crippen molar-refractivity contribution in [3.63, 3.8) is 0 Å². The summed E-state index contributed by atoms with van der Waals surface area (Å²) in [6.07, 6.45) is 0.682. The quantitative estimate of drug-likeness (QED) is 0.381. The monoisotopic (exact) mass is 415 g/mol. The smallest absolute Gasteiger partial charge is 0.395 e. The fourth-order valence-electron chi connectivity index (χ4n) is 2.67. The Balaban J connectivity index is 1.93. The van der Waals surface area contributed by atoms with Crippen LogP contribution < -0.4 is 9.42 Å². The average Bonchev–Trinajstić information content (AvgIpc) is 2.73. The first-order valence-electron chi connectivity index (χ1n) is 8.85. The second-order valence-corrected chi connectivity index (χ2v) is 7.32. The van der Waals surface area contributed by atoms with Gasteiger partial charge in [-0.25, -0.2) is 4.79 Å². The van der Waals surface area contributed by atoms with E-state index in [0.29, 0.717) is 17.0 Å². The predicted molar refractivity (Wildman–Crippen MR) is 109 cm³/mol. The first-order valence-corrected chi connectivity index (χ1v) is 10.4. The molecule has 0 aromatic heterocycles. The summed E-state index contributed by atoms with van der Waals surface area (Å²) >= 11 is 6.25. The highest BCUT2D eigenvalue weighted by Crippen LogP contribution is 2.39. The molecule has 0 aliphatic carbocycles. The van der Waals surface area contributed by atoms with Gasteiger partial charge in [-0.15, -0.1) is 0 Å². The number of carbonyl (C=O) groups is 1. The maximum absolute atomic E-state index is 12.7. The van der Waals surface area contributed by atoms with Crippen molar-refractivity contribution in [2.45, 2.75) is 19.4 Å². The number of benzene rings is 3. The molecule has 0 radical (unpaired) electrons. The second kappa shape index (κ2) is 9.65. The minimum absolute atomic E-state index is 0.268. The zero-order valence-corrected chi connectivity index (χ0v) is 16.9. The second-order valence-electron chi connectivity index (χ2n) is 6.02. The molecule has 5 nitrogen and oxygen atoms in total. The Bertz CT molecular complexity index is 994. The van der Waals surface area contributed by atoms with Gasteiger partial charge in [0.15, 0.2) is 0 Å². The van der Waals surface area contributed by atoms with E-state index in [-0.39, 0.29) is 12.4 Å². The first-order chi connectivity index (χ1) is 13.6. The summed E-state index contributed by atoms with van der Waals surface area (Å²) in [4.78, 5) is 25.1. The molecule has 1 unspecified atom stereocenters. The highest BCUT2D eigenvalue weighted by atomic mass is 35.5. The minimum atomic E-state index is -2.57. The van der Waals surface area contributed by atoms with Gasteiger partial charge in [0.2, 0.25) is 11.8 Å². The highest BCUT2D eigenvalue weighted by molar-refractivity contribution is 7.34. The Labute approximate surface area is 169 Å². The molecule has 0 heterocycles. The molecule has 0 saturated carbocycles. The summed E-state index contributed by atoms with van der Waals surface area (Å²) in [5.74, 6) is -0.289. The Kier molecular flexibility index (Phi) is 6.99. The lowest BCUT2D eigenvalue weighted by molar-refractivity contribution is -0.169. The molecule has 0 saturated heterocycles. The molecular weight excluding hydrogens is 397 g/mol. The molecule has 0 fully saturated rings. The van der Waals surface area contributed by atoms with Crippen LogP contribution in [-0.2, 0) is 9.53 Å². The molecule has 0 amide bonds. The summed E-state index contributed by atoms with van der Waals surface area (Å²) in [7, 11) is -2.57. The van der Waals surface area contributed by atoms with E-state index in [9.17, 15) is 9.69 Å².